The largest absolute Gasteiger partial charge is 1.00 e. The zero-order chi connectivity index (χ0) is 15.1. The first-order chi connectivity index (χ1) is 9.66. The maximum absolute atomic E-state index is 8.48. The van der Waals surface area contributed by atoms with Crippen molar-refractivity contribution in [3.63, 3.8) is 0 Å². The Bertz CT molecular complexity index is 254. The molecule has 0 saturated heterocycles. The Labute approximate surface area is 155 Å². The molecule has 1 saturated carbocycles. The summed E-state index contributed by atoms with van der Waals surface area (Å²) >= 11 is 0. The standard InChI is InChI=1S/C16H32.Na.H2O3S/c1-2-3-4-5-7-10-13-16-14-11-8-6-9-12-15-16;;1-4(2)3/h16H,2-15H2,1H3;;4H,(H,1,2,3)/q;+1;/p-1. The molecule has 21 heavy (non-hydrogen) atoms. The van der Waals surface area contributed by atoms with Crippen LogP contribution in [-0.4, -0.2) is 13.0 Å². The van der Waals surface area contributed by atoms with Crippen molar-refractivity contribution in [1.29, 1.82) is 0 Å². The molecule has 0 amide bonds. The molecule has 0 aliphatic heterocycles. The van der Waals surface area contributed by atoms with Gasteiger partial charge in [0.05, 0.1) is 11.0 Å². The Balaban J connectivity index is 0. The Morgan fingerprint density at radius 3 is 1.81 bits per heavy atom. The molecule has 3 nitrogen and oxygen atoms in total. The van der Waals surface area contributed by atoms with Crippen LogP contribution in [0.1, 0.15) is 96.8 Å². The van der Waals surface area contributed by atoms with E-state index in [1.54, 1.807) is 0 Å². The van der Waals surface area contributed by atoms with Gasteiger partial charge in [-0.2, -0.15) is 0 Å². The molecule has 0 aromatic rings. The van der Waals surface area contributed by atoms with E-state index < -0.39 is 11.0 Å². The minimum Gasteiger partial charge on any atom is -0.750 e. The van der Waals surface area contributed by atoms with Gasteiger partial charge < -0.3 is 4.55 Å². The molecule has 0 bridgehead atoms. The summed E-state index contributed by atoms with van der Waals surface area (Å²) in [4.78, 5) is 0. The predicted molar refractivity (Wildman–Crippen MR) is 84.9 cm³/mol. The molecule has 5 heteroatoms. The van der Waals surface area contributed by atoms with Crippen molar-refractivity contribution in [2.24, 2.45) is 5.92 Å². The van der Waals surface area contributed by atoms with Gasteiger partial charge in [-0.15, -0.1) is 0 Å². The van der Waals surface area contributed by atoms with Crippen LogP contribution in [-0.2, 0) is 11.0 Å². The Hall–Kier alpha value is 0.910. The Morgan fingerprint density at radius 1 is 0.857 bits per heavy atom. The first-order valence-electron chi connectivity index (χ1n) is 8.48. The van der Waals surface area contributed by atoms with Gasteiger partial charge in [0.2, 0.25) is 0 Å². The number of unbranched alkanes of at least 4 members (excludes halogenated alkanes) is 5. The van der Waals surface area contributed by atoms with Gasteiger partial charge in [0.25, 0.3) is 0 Å². The van der Waals surface area contributed by atoms with Crippen LogP contribution < -0.4 is 29.6 Å². The summed E-state index contributed by atoms with van der Waals surface area (Å²) in [6, 6.07) is 0. The zero-order valence-corrected chi connectivity index (χ0v) is 17.0. The van der Waals surface area contributed by atoms with Crippen LogP contribution in [0, 0.1) is 5.92 Å². The molecule has 0 aromatic heterocycles. The molecule has 1 fully saturated rings. The predicted octanol–water partition coefficient (Wildman–Crippen LogP) is 1.83. The first kappa shape index (κ1) is 24.2. The minimum atomic E-state index is -3.37. The molecular weight excluding hydrogens is 295 g/mol. The van der Waals surface area contributed by atoms with E-state index in [1.165, 1.54) is 89.9 Å². The third kappa shape index (κ3) is 20.9. The third-order valence-electron chi connectivity index (χ3n) is 4.19. The van der Waals surface area contributed by atoms with E-state index in [1.807, 2.05) is 0 Å². The Kier molecular flexibility index (Phi) is 21.8. The molecule has 0 aromatic carbocycles. The second-order valence-electron chi connectivity index (χ2n) is 5.99. The molecule has 1 aliphatic carbocycles. The van der Waals surface area contributed by atoms with Crippen LogP contribution in [0.5, 0.6) is 0 Å². The molecular formula is C16H33NaO3S. The van der Waals surface area contributed by atoms with Crippen molar-refractivity contribution in [1.82, 2.24) is 0 Å². The van der Waals surface area contributed by atoms with Crippen LogP contribution >= 0.6 is 0 Å². The summed E-state index contributed by atoms with van der Waals surface area (Å²) < 4.78 is 25.4. The molecule has 0 unspecified atom stereocenters. The maximum Gasteiger partial charge on any atom is 1.00 e. The van der Waals surface area contributed by atoms with Gasteiger partial charge >= 0.3 is 29.6 Å². The second-order valence-corrected chi connectivity index (χ2v) is 6.44. The molecule has 0 atom stereocenters. The number of hydrogen-bond donors (Lipinski definition) is 1. The number of rotatable bonds is 7. The van der Waals surface area contributed by atoms with E-state index in [9.17, 15) is 0 Å². The van der Waals surface area contributed by atoms with Gasteiger partial charge in [-0.1, -0.05) is 96.8 Å². The monoisotopic (exact) mass is 328 g/mol. The van der Waals surface area contributed by atoms with Gasteiger partial charge in [0.15, 0.2) is 0 Å². The van der Waals surface area contributed by atoms with Gasteiger partial charge in [0.1, 0.15) is 0 Å². The van der Waals surface area contributed by atoms with Crippen LogP contribution in [0.4, 0.5) is 0 Å². The van der Waals surface area contributed by atoms with Crippen molar-refractivity contribution < 1.29 is 42.5 Å². The summed E-state index contributed by atoms with van der Waals surface area (Å²) in [5, 5.41) is 0. The van der Waals surface area contributed by atoms with Crippen molar-refractivity contribution in [3.8, 4) is 0 Å². The van der Waals surface area contributed by atoms with Crippen molar-refractivity contribution in [2.45, 2.75) is 96.8 Å². The number of hydrogen-bond acceptors (Lipinski definition) is 3. The van der Waals surface area contributed by atoms with E-state index >= 15 is 0 Å². The Morgan fingerprint density at radius 2 is 1.29 bits per heavy atom. The summed E-state index contributed by atoms with van der Waals surface area (Å²) in [6.45, 7) is 2.30. The first-order valence-corrected chi connectivity index (χ1v) is 9.58. The molecule has 0 spiro atoms. The maximum atomic E-state index is 8.48. The quantitative estimate of drug-likeness (QED) is 0.336. The smallest absolute Gasteiger partial charge is 0.750 e. The minimum absolute atomic E-state index is 0. The second kappa shape index (κ2) is 19.0. The van der Waals surface area contributed by atoms with Gasteiger partial charge in [-0.25, -0.2) is 8.42 Å². The van der Waals surface area contributed by atoms with Crippen LogP contribution in [0.25, 0.3) is 0 Å². The van der Waals surface area contributed by atoms with E-state index in [0.29, 0.717) is 0 Å². The summed E-state index contributed by atoms with van der Waals surface area (Å²) in [7, 11) is -3.37. The summed E-state index contributed by atoms with van der Waals surface area (Å²) in [5.41, 5.74) is 0. The van der Waals surface area contributed by atoms with Gasteiger partial charge in [0, 0.05) is 0 Å². The van der Waals surface area contributed by atoms with Crippen molar-refractivity contribution >= 4 is 11.0 Å². The zero-order valence-electron chi connectivity index (χ0n) is 14.1. The molecule has 0 heterocycles. The van der Waals surface area contributed by atoms with Crippen LogP contribution in [0.15, 0.2) is 0 Å². The molecule has 0 N–H and O–H groups in total. The number of thiol groups is 1. The third-order valence-corrected chi connectivity index (χ3v) is 4.19. The molecule has 122 valence electrons. The van der Waals surface area contributed by atoms with Crippen molar-refractivity contribution in [3.05, 3.63) is 0 Å². The fourth-order valence-corrected chi connectivity index (χ4v) is 3.04. The van der Waals surface area contributed by atoms with Gasteiger partial charge in [-0.05, 0) is 5.92 Å². The van der Waals surface area contributed by atoms with Gasteiger partial charge in [-0.3, -0.25) is 0 Å². The van der Waals surface area contributed by atoms with Crippen LogP contribution in [0.2, 0.25) is 0 Å². The normalized spacial score (nSPS) is 16.3. The molecule has 1 aliphatic rings. The summed E-state index contributed by atoms with van der Waals surface area (Å²) in [5.74, 6) is 1.09. The van der Waals surface area contributed by atoms with E-state index in [-0.39, 0.29) is 29.6 Å². The van der Waals surface area contributed by atoms with Crippen LogP contribution in [0.3, 0.4) is 0 Å². The van der Waals surface area contributed by atoms with E-state index in [0.717, 1.165) is 5.92 Å². The summed E-state index contributed by atoms with van der Waals surface area (Å²) in [6.07, 6.45) is 20.9. The topological polar surface area (TPSA) is 57.2 Å². The fourth-order valence-electron chi connectivity index (χ4n) is 3.04. The van der Waals surface area contributed by atoms with Crippen molar-refractivity contribution in [2.75, 3.05) is 0 Å². The SMILES string of the molecule is CCCCCCCCC1CCCCCCC1.O=[SH](=O)[O-].[Na+]. The van der Waals surface area contributed by atoms with E-state index in [2.05, 4.69) is 6.92 Å². The average molecular weight is 328 g/mol. The average Bonchev–Trinajstić information content (AvgIpc) is 2.35. The molecule has 1 rings (SSSR count). The molecule has 0 radical (unpaired) electrons. The fraction of sp³-hybridized carbons (Fsp3) is 1.00. The van der Waals surface area contributed by atoms with E-state index in [4.69, 9.17) is 13.0 Å².